The lowest BCUT2D eigenvalue weighted by Gasteiger charge is -2.30. The van der Waals surface area contributed by atoms with Crippen LogP contribution in [0.5, 0.6) is 0 Å². The Morgan fingerprint density at radius 1 is 1.00 bits per heavy atom. The van der Waals surface area contributed by atoms with Gasteiger partial charge < -0.3 is 56.0 Å². The molecule has 1 aliphatic heterocycles. The molecule has 2 aromatic rings. The Morgan fingerprint density at radius 3 is 2.41 bits per heavy atom. The molecule has 356 valence electrons. The second-order valence-electron chi connectivity index (χ2n) is 14.7. The van der Waals surface area contributed by atoms with Gasteiger partial charge in [-0.3, -0.25) is 32.5 Å². The largest absolute Gasteiger partial charge is 0.481 e. The summed E-state index contributed by atoms with van der Waals surface area (Å²) >= 11 is 1.05. The van der Waals surface area contributed by atoms with E-state index in [-0.39, 0.29) is 48.0 Å². The van der Waals surface area contributed by atoms with Gasteiger partial charge in [-0.2, -0.15) is 4.31 Å². The first-order valence-corrected chi connectivity index (χ1v) is 24.9. The minimum absolute atomic E-state index is 0.0266. The van der Waals surface area contributed by atoms with Crippen molar-refractivity contribution in [1.82, 2.24) is 30.2 Å². The highest BCUT2D eigenvalue weighted by atomic mass is 32.2. The Kier molecular flexibility index (Phi) is 21.6. The monoisotopic (exact) mass is 975 g/mol. The molecular weight excluding hydrogens is 919 g/mol. The summed E-state index contributed by atoms with van der Waals surface area (Å²) in [5.41, 5.74) is 4.25. The van der Waals surface area contributed by atoms with Crippen LogP contribution < -0.4 is 16.4 Å². The van der Waals surface area contributed by atoms with Gasteiger partial charge in [0.25, 0.3) is 0 Å². The Hall–Kier alpha value is -3.00. The summed E-state index contributed by atoms with van der Waals surface area (Å²) in [4.78, 5) is 88.1. The number of aliphatic hydroxyl groups is 3. The number of carbonyl (C=O) groups is 3. The van der Waals surface area contributed by atoms with Gasteiger partial charge in [0.1, 0.15) is 36.3 Å². The number of aromatic nitrogens is 4. The van der Waals surface area contributed by atoms with Crippen molar-refractivity contribution in [2.75, 3.05) is 37.8 Å². The number of ether oxygens (including phenoxy) is 1. The molecule has 11 N–H and O–H groups in total. The lowest BCUT2D eigenvalue weighted by atomic mass is 9.87. The number of nitrogens with two attached hydrogens (primary N) is 1. The van der Waals surface area contributed by atoms with E-state index in [1.807, 2.05) is 31.2 Å². The van der Waals surface area contributed by atoms with Crippen LogP contribution in [0.2, 0.25) is 0 Å². The summed E-state index contributed by atoms with van der Waals surface area (Å²) < 4.78 is 62.3. The molecule has 1 aliphatic rings. The van der Waals surface area contributed by atoms with Crippen LogP contribution >= 0.6 is 35.2 Å². The number of amides is 2. The minimum atomic E-state index is -5.58. The molecule has 0 spiro atoms. The third-order valence-electron chi connectivity index (χ3n) is 9.02. The van der Waals surface area contributed by atoms with Gasteiger partial charge in [0.2, 0.25) is 11.8 Å². The van der Waals surface area contributed by atoms with Crippen LogP contribution in [0.25, 0.3) is 11.2 Å². The third-order valence-corrected chi connectivity index (χ3v) is 13.1. The predicted molar refractivity (Wildman–Crippen MR) is 225 cm³/mol. The van der Waals surface area contributed by atoms with Crippen LogP contribution in [0.15, 0.2) is 37.0 Å². The van der Waals surface area contributed by atoms with E-state index in [9.17, 15) is 63.0 Å². The smallest absolute Gasteiger partial charge is 0.393 e. The van der Waals surface area contributed by atoms with Crippen LogP contribution in [0.4, 0.5) is 5.82 Å². The highest BCUT2D eigenvalue weighted by molar-refractivity contribution is 8.13. The first-order chi connectivity index (χ1) is 29.4. The number of phosphoric ester groups is 3. The normalized spacial score (nSPS) is 21.4. The van der Waals surface area contributed by atoms with E-state index in [0.717, 1.165) is 41.8 Å². The van der Waals surface area contributed by atoms with Gasteiger partial charge in [0.15, 0.2) is 22.8 Å². The fourth-order valence-corrected chi connectivity index (χ4v) is 9.26. The van der Waals surface area contributed by atoms with Crippen molar-refractivity contribution in [3.63, 3.8) is 0 Å². The fraction of sp³-hybridized carbons (Fsp3) is 0.647. The van der Waals surface area contributed by atoms with Gasteiger partial charge in [-0.25, -0.2) is 28.6 Å². The first kappa shape index (κ1) is 54.3. The number of allylic oxidation sites excluding steroid dienone is 4. The van der Waals surface area contributed by atoms with E-state index in [4.69, 9.17) is 19.5 Å². The van der Waals surface area contributed by atoms with E-state index in [1.165, 1.54) is 13.8 Å². The van der Waals surface area contributed by atoms with Crippen molar-refractivity contribution < 1.29 is 85.6 Å². The quantitative estimate of drug-likeness (QED) is 0.0328. The van der Waals surface area contributed by atoms with Gasteiger partial charge in [-0.05, 0) is 39.0 Å². The van der Waals surface area contributed by atoms with Gasteiger partial charge >= 0.3 is 23.5 Å². The SMILES string of the molecule is C/C=C/C/C=C/CCC(O)CCCC(=O)SCCNC(=O)CCNC(=O)C(O)C(C)(C)COP(=O)(O)OP(=O)(O)OCC1OC(n2cnc3c(N)ncnc32)C(O)C1OP(=O)(O)O. The molecule has 1 saturated heterocycles. The van der Waals surface area contributed by atoms with Crippen molar-refractivity contribution >= 4 is 69.1 Å². The zero-order valence-corrected chi connectivity index (χ0v) is 38.2. The Balaban J connectivity index is 1.38. The lowest BCUT2D eigenvalue weighted by molar-refractivity contribution is -0.137. The zero-order chi connectivity index (χ0) is 47.0. The van der Waals surface area contributed by atoms with E-state index in [2.05, 4.69) is 34.4 Å². The number of phosphoric acid groups is 3. The standard InChI is InChI=1S/C34H56N7O18P3S/c1-4-5-6-7-8-9-11-22(42)12-10-13-25(44)63-17-16-36-24(43)14-15-37-32(47)29(46)34(2,3)19-56-62(53,54)59-61(51,52)55-18-23-28(58-60(48,49)50)27(45)33(57-23)41-21-40-26-30(35)38-20-39-31(26)41/h4-5,7-8,20-23,27-29,33,42,45-46H,6,9-19H2,1-3H3,(H,36,43)(H,37,47)(H,51,52)(H,53,54)(H2,35,38,39)(H2,48,49,50)/b5-4+,8-7+. The summed E-state index contributed by atoms with van der Waals surface area (Å²) in [6.07, 6.45) is 4.13. The molecular formula is C34H56N7O18P3S. The number of hydrogen-bond acceptors (Lipinski definition) is 19. The maximum Gasteiger partial charge on any atom is 0.481 e. The molecule has 63 heavy (non-hydrogen) atoms. The summed E-state index contributed by atoms with van der Waals surface area (Å²) in [7, 11) is -16.4. The van der Waals surface area contributed by atoms with Gasteiger partial charge in [-0.15, -0.1) is 0 Å². The molecule has 3 heterocycles. The number of imidazole rings is 1. The van der Waals surface area contributed by atoms with Crippen LogP contribution in [0.3, 0.4) is 0 Å². The van der Waals surface area contributed by atoms with E-state index in [1.54, 1.807) is 0 Å². The molecule has 3 rings (SSSR count). The third kappa shape index (κ3) is 18.8. The molecule has 2 amide bonds. The molecule has 0 aliphatic carbocycles. The van der Waals surface area contributed by atoms with E-state index >= 15 is 0 Å². The Labute approximate surface area is 366 Å². The number of nitrogens with zero attached hydrogens (tertiary/aromatic N) is 4. The molecule has 0 bridgehead atoms. The molecule has 0 aromatic carbocycles. The number of fused-ring (bicyclic) bond motifs is 1. The van der Waals surface area contributed by atoms with Gasteiger partial charge in [-0.1, -0.05) is 49.9 Å². The highest BCUT2D eigenvalue weighted by Gasteiger charge is 2.50. The molecule has 0 saturated carbocycles. The number of nitrogen functional groups attached to an aromatic ring is 1. The molecule has 8 unspecified atom stereocenters. The number of aliphatic hydroxyl groups excluding tert-OH is 3. The molecule has 1 fully saturated rings. The number of anilines is 1. The highest BCUT2D eigenvalue weighted by Crippen LogP contribution is 2.61. The number of rotatable bonds is 28. The van der Waals surface area contributed by atoms with Crippen molar-refractivity contribution in [2.45, 2.75) is 102 Å². The van der Waals surface area contributed by atoms with E-state index in [0.29, 0.717) is 25.0 Å². The second kappa shape index (κ2) is 25.1. The predicted octanol–water partition coefficient (Wildman–Crippen LogP) is 1.50. The summed E-state index contributed by atoms with van der Waals surface area (Å²) in [5, 5.41) is 36.5. The number of thioether (sulfide) groups is 1. The molecule has 8 atom stereocenters. The van der Waals surface area contributed by atoms with Crippen LogP contribution in [-0.2, 0) is 50.7 Å². The summed E-state index contributed by atoms with van der Waals surface area (Å²) in [6.45, 7) is 2.37. The first-order valence-electron chi connectivity index (χ1n) is 19.4. The van der Waals surface area contributed by atoms with Crippen molar-refractivity contribution in [2.24, 2.45) is 5.41 Å². The Bertz CT molecular complexity index is 2040. The maximum atomic E-state index is 12.7. The minimum Gasteiger partial charge on any atom is -0.393 e. The van der Waals surface area contributed by atoms with Crippen molar-refractivity contribution in [3.8, 4) is 0 Å². The van der Waals surface area contributed by atoms with Gasteiger partial charge in [0.05, 0.1) is 25.6 Å². The lowest BCUT2D eigenvalue weighted by Crippen LogP contribution is -2.46. The van der Waals surface area contributed by atoms with Gasteiger partial charge in [0, 0.05) is 37.1 Å². The van der Waals surface area contributed by atoms with Crippen LogP contribution in [0.1, 0.15) is 71.9 Å². The Morgan fingerprint density at radius 2 is 1.71 bits per heavy atom. The summed E-state index contributed by atoms with van der Waals surface area (Å²) in [6, 6.07) is 0. The molecule has 25 nitrogen and oxygen atoms in total. The fourth-order valence-electron chi connectivity index (χ4n) is 5.71. The molecule has 0 radical (unpaired) electrons. The van der Waals surface area contributed by atoms with Crippen molar-refractivity contribution in [1.29, 1.82) is 0 Å². The summed E-state index contributed by atoms with van der Waals surface area (Å²) in [5.74, 6) is -1.18. The average molecular weight is 976 g/mol. The van der Waals surface area contributed by atoms with Crippen molar-refractivity contribution in [3.05, 3.63) is 37.0 Å². The number of carbonyl (C=O) groups excluding carboxylic acids is 3. The number of hydrogen-bond donors (Lipinski definition) is 10. The average Bonchev–Trinajstić information content (AvgIpc) is 3.75. The number of nitrogens with one attached hydrogen (secondary N) is 2. The molecule has 29 heteroatoms. The van der Waals surface area contributed by atoms with E-state index < -0.39 is 90.7 Å². The van der Waals surface area contributed by atoms with Crippen LogP contribution in [0, 0.1) is 5.41 Å². The molecule has 2 aromatic heterocycles. The maximum absolute atomic E-state index is 12.7. The zero-order valence-electron chi connectivity index (χ0n) is 34.7. The van der Waals surface area contributed by atoms with Crippen LogP contribution in [-0.4, -0.2) is 134 Å². The second-order valence-corrected chi connectivity index (χ2v) is 20.1. The topological polar surface area (TPSA) is 384 Å².